The number of hydrogen-bond acceptors (Lipinski definition) is 2. The summed E-state index contributed by atoms with van der Waals surface area (Å²) < 4.78 is 9.83. The van der Waals surface area contributed by atoms with Crippen molar-refractivity contribution in [1.29, 1.82) is 0 Å². The summed E-state index contributed by atoms with van der Waals surface area (Å²) in [4.78, 5) is 0. The maximum atomic E-state index is 4.93. The molecule has 0 saturated heterocycles. The van der Waals surface area contributed by atoms with Crippen LogP contribution < -0.4 is 9.47 Å². The Hall–Kier alpha value is 0.166. The van der Waals surface area contributed by atoms with Crippen molar-refractivity contribution >= 4 is 36.3 Å². The van der Waals surface area contributed by atoms with E-state index in [1.165, 1.54) is 0 Å². The molecule has 0 aliphatic carbocycles. The lowest BCUT2D eigenvalue weighted by molar-refractivity contribution is 0.402. The molecule has 2 nitrogen and oxygen atoms in total. The summed E-state index contributed by atoms with van der Waals surface area (Å²) in [6, 6.07) is 8.26. The second kappa shape index (κ2) is 8.75. The molecule has 0 heterocycles. The van der Waals surface area contributed by atoms with Crippen molar-refractivity contribution in [2.45, 2.75) is 0 Å². The number of halogens is 2. The zero-order chi connectivity index (χ0) is 10.1. The molecule has 0 atom stereocenters. The minimum absolute atomic E-state index is 0.639. The molecule has 0 unspecified atom stereocenters. The molecule has 13 heavy (non-hydrogen) atoms. The van der Waals surface area contributed by atoms with E-state index in [4.69, 9.17) is 27.6 Å². The molecule has 0 bridgehead atoms. The molecule has 1 aromatic carbocycles. The van der Waals surface area contributed by atoms with Crippen LogP contribution >= 0.6 is 18.1 Å². The molecule has 0 N–H and O–H groups in total. The minimum Gasteiger partial charge on any atom is -0.497 e. The molecule has 0 aliphatic heterocycles. The van der Waals surface area contributed by atoms with Crippen molar-refractivity contribution in [3.05, 3.63) is 24.3 Å². The van der Waals surface area contributed by atoms with Crippen LogP contribution in [-0.4, -0.2) is 32.4 Å². The molecule has 0 aliphatic rings. The lowest BCUT2D eigenvalue weighted by atomic mass is 10.3. The average molecular weight is 232 g/mol. The van der Waals surface area contributed by atoms with Gasteiger partial charge in [0.15, 0.2) is 0 Å². The van der Waals surface area contributed by atoms with Crippen molar-refractivity contribution in [3.8, 4) is 11.5 Å². The van der Waals surface area contributed by atoms with Crippen LogP contribution in [-0.2, 0) is 0 Å². The quantitative estimate of drug-likeness (QED) is 0.729. The van der Waals surface area contributed by atoms with Crippen molar-refractivity contribution in [2.75, 3.05) is 14.2 Å². The molecule has 1 radical (unpaired) electrons. The number of hydrogen-bond donors (Lipinski definition) is 0. The van der Waals surface area contributed by atoms with E-state index < -0.39 is 18.2 Å². The van der Waals surface area contributed by atoms with Gasteiger partial charge in [0.1, 0.15) is 11.5 Å². The fourth-order valence-corrected chi connectivity index (χ4v) is 0.650. The third-order valence-corrected chi connectivity index (χ3v) is 1.21. The number of methoxy groups -OCH3 is 2. The highest BCUT2D eigenvalue weighted by Gasteiger charge is 1.90. The van der Waals surface area contributed by atoms with Gasteiger partial charge in [-0.3, -0.25) is 0 Å². The molecule has 1 rings (SSSR count). The van der Waals surface area contributed by atoms with Gasteiger partial charge in [0.05, 0.1) is 14.2 Å². The van der Waals surface area contributed by atoms with Crippen LogP contribution in [0.25, 0.3) is 0 Å². The second-order valence-electron chi connectivity index (χ2n) is 1.90. The van der Waals surface area contributed by atoms with E-state index in [-0.39, 0.29) is 0 Å². The zero-order valence-corrected chi connectivity index (χ0v) is 10.4. The van der Waals surface area contributed by atoms with Crippen molar-refractivity contribution < 1.29 is 9.47 Å². The Morgan fingerprint density at radius 3 is 2.15 bits per heavy atom. The first kappa shape index (κ1) is 13.2. The maximum Gasteiger partial charge on any atom is 0.618 e. The van der Waals surface area contributed by atoms with E-state index in [2.05, 4.69) is 6.07 Å². The normalized spacial score (nSPS) is 7.69. The molecule has 0 aromatic heterocycles. The monoisotopic (exact) mass is 231 g/mol. The Labute approximate surface area is 95.4 Å². The summed E-state index contributed by atoms with van der Waals surface area (Å²) in [6.07, 6.45) is 0. The Morgan fingerprint density at radius 1 is 1.23 bits per heavy atom. The number of rotatable bonds is 2. The molecule has 0 saturated carbocycles. The van der Waals surface area contributed by atoms with E-state index in [1.54, 1.807) is 26.4 Å². The molecular formula is C8H9Cl2MgO2. The van der Waals surface area contributed by atoms with E-state index in [9.17, 15) is 0 Å². The number of benzene rings is 1. The Balaban J connectivity index is 0.000000424. The first-order valence-corrected chi connectivity index (χ1v) is 7.77. The lowest BCUT2D eigenvalue weighted by Crippen LogP contribution is -1.84. The third-order valence-electron chi connectivity index (χ3n) is 1.21. The maximum absolute atomic E-state index is 4.93. The van der Waals surface area contributed by atoms with Crippen LogP contribution in [0.1, 0.15) is 0 Å². The van der Waals surface area contributed by atoms with Crippen molar-refractivity contribution in [1.82, 2.24) is 0 Å². The zero-order valence-electron chi connectivity index (χ0n) is 7.51. The largest absolute Gasteiger partial charge is 0.618 e. The molecule has 1 aromatic rings. The molecule has 69 valence electrons. The molecule has 5 heteroatoms. The van der Waals surface area contributed by atoms with E-state index in [0.717, 1.165) is 11.5 Å². The average Bonchev–Trinajstić information content (AvgIpc) is 2.19. The highest BCUT2D eigenvalue weighted by atomic mass is 35.6. The summed E-state index contributed by atoms with van der Waals surface area (Å²) in [7, 11) is 13.0. The van der Waals surface area contributed by atoms with Crippen molar-refractivity contribution in [2.24, 2.45) is 0 Å². The van der Waals surface area contributed by atoms with E-state index in [1.807, 2.05) is 6.07 Å². The minimum atomic E-state index is -0.639. The van der Waals surface area contributed by atoms with Gasteiger partial charge in [0.25, 0.3) is 0 Å². The van der Waals surface area contributed by atoms with Gasteiger partial charge in [-0.25, -0.2) is 0 Å². The van der Waals surface area contributed by atoms with Crippen LogP contribution in [0, 0.1) is 6.07 Å². The standard InChI is InChI=1S/C8H9O2.2ClH.Mg/c1-9-7-3-5-8(10-2)6-4-7;;;/h3-5H,1-2H3;2*1H;/q;;;+2/p-2. The first-order chi connectivity index (χ1) is 6.28. The summed E-state index contributed by atoms with van der Waals surface area (Å²) in [6.45, 7) is 0. The van der Waals surface area contributed by atoms with Gasteiger partial charge in [-0.15, -0.1) is 0 Å². The van der Waals surface area contributed by atoms with Crippen molar-refractivity contribution in [3.63, 3.8) is 0 Å². The van der Waals surface area contributed by atoms with Crippen LogP contribution in [0.5, 0.6) is 11.5 Å². The predicted octanol–water partition coefficient (Wildman–Crippen LogP) is 2.50. The van der Waals surface area contributed by atoms with Crippen LogP contribution in [0.15, 0.2) is 18.2 Å². The lowest BCUT2D eigenvalue weighted by Gasteiger charge is -1.99. The Morgan fingerprint density at radius 2 is 1.85 bits per heavy atom. The SMILES string of the molecule is COc1[c]cc(OC)cc1.[Cl][Mg][Cl]. The van der Waals surface area contributed by atoms with Crippen LogP contribution in [0.2, 0.25) is 0 Å². The van der Waals surface area contributed by atoms with Gasteiger partial charge < -0.3 is 27.6 Å². The van der Waals surface area contributed by atoms with E-state index in [0.29, 0.717) is 0 Å². The molecule has 0 amide bonds. The van der Waals surface area contributed by atoms with Gasteiger partial charge in [-0.1, -0.05) is 0 Å². The summed E-state index contributed by atoms with van der Waals surface area (Å²) in [5.74, 6) is 1.52. The summed E-state index contributed by atoms with van der Waals surface area (Å²) >= 11 is -0.639. The molecule has 0 fully saturated rings. The first-order valence-electron chi connectivity index (χ1n) is 3.50. The van der Waals surface area contributed by atoms with Gasteiger partial charge >= 0.3 is 18.2 Å². The predicted molar refractivity (Wildman–Crippen MR) is 55.8 cm³/mol. The Kier molecular flexibility index (Phi) is 8.86. The molecular weight excluding hydrogens is 223 g/mol. The highest BCUT2D eigenvalue weighted by Crippen LogP contribution is 2.14. The smallest absolute Gasteiger partial charge is 0.497 e. The van der Waals surface area contributed by atoms with Crippen LogP contribution in [0.4, 0.5) is 0 Å². The van der Waals surface area contributed by atoms with Gasteiger partial charge in [-0.2, -0.15) is 0 Å². The molecule has 0 spiro atoms. The fourth-order valence-electron chi connectivity index (χ4n) is 0.650. The number of ether oxygens (including phenoxy) is 2. The van der Waals surface area contributed by atoms with Gasteiger partial charge in [0.2, 0.25) is 0 Å². The Bertz CT molecular complexity index is 193. The van der Waals surface area contributed by atoms with Gasteiger partial charge in [0, 0.05) is 6.07 Å². The van der Waals surface area contributed by atoms with Crippen LogP contribution in [0.3, 0.4) is 0 Å². The summed E-state index contributed by atoms with van der Waals surface area (Å²) in [5.41, 5.74) is 0. The third kappa shape index (κ3) is 6.27. The topological polar surface area (TPSA) is 18.5 Å². The fraction of sp³-hybridized carbons (Fsp3) is 0.250. The highest BCUT2D eigenvalue weighted by molar-refractivity contribution is 7.22. The van der Waals surface area contributed by atoms with Gasteiger partial charge in [-0.05, 0) is 18.2 Å². The second-order valence-corrected chi connectivity index (χ2v) is 4.52. The van der Waals surface area contributed by atoms with E-state index >= 15 is 0 Å². The summed E-state index contributed by atoms with van der Waals surface area (Å²) in [5, 5.41) is 0.